The van der Waals surface area contributed by atoms with Crippen molar-refractivity contribution < 1.29 is 37.4 Å². The van der Waals surface area contributed by atoms with Crippen LogP contribution in [0.4, 0.5) is 13.2 Å². The lowest BCUT2D eigenvalue weighted by Gasteiger charge is -2.43. The molecule has 1 aromatic carbocycles. The number of aromatic nitrogens is 4. The van der Waals surface area contributed by atoms with Crippen molar-refractivity contribution >= 4 is 0 Å². The van der Waals surface area contributed by atoms with Crippen molar-refractivity contribution in [2.75, 3.05) is 33.4 Å². The van der Waals surface area contributed by atoms with Crippen molar-refractivity contribution in [1.82, 2.24) is 25.1 Å². The summed E-state index contributed by atoms with van der Waals surface area (Å²) in [6.45, 7) is 7.05. The molecule has 4 heterocycles. The summed E-state index contributed by atoms with van der Waals surface area (Å²) in [5.74, 6) is -2.58. The summed E-state index contributed by atoms with van der Waals surface area (Å²) in [6.07, 6.45) is 0.00141. The topological polar surface area (TPSA) is 119 Å². The van der Waals surface area contributed by atoms with Crippen molar-refractivity contribution in [3.8, 4) is 11.3 Å². The Morgan fingerprint density at radius 1 is 1.10 bits per heavy atom. The minimum absolute atomic E-state index is 0.0245. The molecule has 2 saturated heterocycles. The van der Waals surface area contributed by atoms with Gasteiger partial charge in [-0.3, -0.25) is 0 Å². The van der Waals surface area contributed by atoms with Gasteiger partial charge in [-0.05, 0) is 44.0 Å². The monoisotopic (exact) mass is 579 g/mol. The molecular weight excluding hydrogens is 543 g/mol. The highest BCUT2D eigenvalue weighted by Gasteiger charge is 2.47. The van der Waals surface area contributed by atoms with E-state index in [0.29, 0.717) is 11.6 Å². The Balaban J connectivity index is 1.33. The van der Waals surface area contributed by atoms with E-state index < -0.39 is 54.5 Å². The summed E-state index contributed by atoms with van der Waals surface area (Å²) in [6, 6.07) is 2.69. The molecule has 2 N–H and O–H groups in total. The van der Waals surface area contributed by atoms with E-state index >= 15 is 0 Å². The fraction of sp³-hybridized carbons (Fsp3) is 0.607. The first-order valence-corrected chi connectivity index (χ1v) is 13.9. The molecule has 2 aromatic heterocycles. The van der Waals surface area contributed by atoms with Crippen LogP contribution in [0.25, 0.3) is 11.3 Å². The van der Waals surface area contributed by atoms with Gasteiger partial charge in [0.15, 0.2) is 17.5 Å². The number of piperidine rings is 1. The highest BCUT2D eigenvalue weighted by molar-refractivity contribution is 5.57. The van der Waals surface area contributed by atoms with E-state index in [-0.39, 0.29) is 23.6 Å². The van der Waals surface area contributed by atoms with E-state index in [4.69, 9.17) is 14.0 Å². The first-order chi connectivity index (χ1) is 19.7. The molecule has 3 aromatic rings. The predicted octanol–water partition coefficient (Wildman–Crippen LogP) is 3.11. The fourth-order valence-corrected chi connectivity index (χ4v) is 5.93. The number of benzene rings is 1. The summed E-state index contributed by atoms with van der Waals surface area (Å²) in [5.41, 5.74) is 0.692. The van der Waals surface area contributed by atoms with Gasteiger partial charge in [0.1, 0.15) is 35.8 Å². The lowest BCUT2D eigenvalue weighted by Crippen LogP contribution is -2.57. The number of rotatable bonds is 9. The Bertz CT molecular complexity index is 1290. The molecule has 0 saturated carbocycles. The van der Waals surface area contributed by atoms with Crippen LogP contribution in [0.3, 0.4) is 0 Å². The molecule has 0 spiro atoms. The molecule has 0 aliphatic carbocycles. The fourth-order valence-electron chi connectivity index (χ4n) is 5.93. The molecule has 2 aliphatic heterocycles. The summed E-state index contributed by atoms with van der Waals surface area (Å²) in [5, 5.41) is 33.3. The van der Waals surface area contributed by atoms with Gasteiger partial charge in [0.25, 0.3) is 0 Å². The average molecular weight is 580 g/mol. The van der Waals surface area contributed by atoms with Crippen molar-refractivity contribution in [2.45, 2.75) is 69.5 Å². The third-order valence-corrected chi connectivity index (χ3v) is 7.93. The van der Waals surface area contributed by atoms with Crippen molar-refractivity contribution in [1.29, 1.82) is 0 Å². The molecule has 5 atom stereocenters. The van der Waals surface area contributed by atoms with Crippen LogP contribution in [0.2, 0.25) is 0 Å². The second kappa shape index (κ2) is 12.6. The summed E-state index contributed by atoms with van der Waals surface area (Å²) in [7, 11) is 1.46. The maximum atomic E-state index is 13.8. The number of likely N-dealkylation sites (tertiary alicyclic amines) is 1. The molecular formula is C28H36F3N5O5. The van der Waals surface area contributed by atoms with Gasteiger partial charge in [0.2, 0.25) is 0 Å². The van der Waals surface area contributed by atoms with Crippen LogP contribution in [0.15, 0.2) is 28.9 Å². The molecule has 41 heavy (non-hydrogen) atoms. The number of halogens is 3. The Morgan fingerprint density at radius 2 is 1.80 bits per heavy atom. The SMILES string of the molecule is CO[C@@H]1[C@@H](n2cc(-c3cc(F)c(F)c(F)c3)nn2)[C@@H](O)[C@@H](CO)O[C@@H]1Cc1cc(C2CCN(CC(C)C)CC2)on1. The number of hydrogen-bond donors (Lipinski definition) is 2. The second-order valence-electron chi connectivity index (χ2n) is 11.3. The third kappa shape index (κ3) is 6.33. The van der Waals surface area contributed by atoms with E-state index in [1.165, 1.54) is 18.0 Å². The molecule has 0 bridgehead atoms. The summed E-state index contributed by atoms with van der Waals surface area (Å²) < 4.78 is 59.9. The largest absolute Gasteiger partial charge is 0.394 e. The number of nitrogens with zero attached hydrogens (tertiary/aromatic N) is 5. The van der Waals surface area contributed by atoms with Crippen LogP contribution < -0.4 is 0 Å². The number of aliphatic hydroxyl groups excluding tert-OH is 2. The van der Waals surface area contributed by atoms with Gasteiger partial charge in [0.05, 0.1) is 24.6 Å². The molecule has 0 radical (unpaired) electrons. The van der Waals surface area contributed by atoms with Crippen molar-refractivity contribution in [3.63, 3.8) is 0 Å². The van der Waals surface area contributed by atoms with E-state index in [9.17, 15) is 23.4 Å². The molecule has 10 nitrogen and oxygen atoms in total. The van der Waals surface area contributed by atoms with Crippen molar-refractivity contribution in [3.05, 3.63) is 53.3 Å². The van der Waals surface area contributed by atoms with Crippen LogP contribution in [0.1, 0.15) is 50.1 Å². The Morgan fingerprint density at radius 3 is 2.44 bits per heavy atom. The highest BCUT2D eigenvalue weighted by Crippen LogP contribution is 2.35. The van der Waals surface area contributed by atoms with Crippen LogP contribution in [-0.4, -0.2) is 93.0 Å². The smallest absolute Gasteiger partial charge is 0.194 e. The molecule has 13 heteroatoms. The van der Waals surface area contributed by atoms with Gasteiger partial charge < -0.3 is 29.1 Å². The lowest BCUT2D eigenvalue weighted by atomic mass is 9.89. The number of aliphatic hydroxyl groups is 2. The van der Waals surface area contributed by atoms with Crippen LogP contribution in [0.5, 0.6) is 0 Å². The lowest BCUT2D eigenvalue weighted by molar-refractivity contribution is -0.212. The minimum atomic E-state index is -1.58. The minimum Gasteiger partial charge on any atom is -0.394 e. The number of ether oxygens (including phenoxy) is 2. The second-order valence-corrected chi connectivity index (χ2v) is 11.3. The predicted molar refractivity (Wildman–Crippen MR) is 140 cm³/mol. The Kier molecular flexibility index (Phi) is 9.09. The van der Waals surface area contributed by atoms with E-state index in [1.54, 1.807) is 0 Å². The van der Waals surface area contributed by atoms with Gasteiger partial charge in [-0.15, -0.1) is 5.10 Å². The highest BCUT2D eigenvalue weighted by atomic mass is 19.2. The maximum Gasteiger partial charge on any atom is 0.194 e. The first kappa shape index (κ1) is 29.6. The molecule has 2 aliphatic rings. The molecule has 2 fully saturated rings. The summed E-state index contributed by atoms with van der Waals surface area (Å²) in [4.78, 5) is 2.47. The molecule has 224 valence electrons. The summed E-state index contributed by atoms with van der Waals surface area (Å²) >= 11 is 0. The quantitative estimate of drug-likeness (QED) is 0.369. The van der Waals surface area contributed by atoms with Crippen LogP contribution in [0, 0.1) is 23.4 Å². The van der Waals surface area contributed by atoms with Crippen molar-refractivity contribution in [2.24, 2.45) is 5.92 Å². The molecule has 5 rings (SSSR count). The Labute approximate surface area is 236 Å². The van der Waals surface area contributed by atoms with E-state index in [2.05, 4.69) is 34.2 Å². The third-order valence-electron chi connectivity index (χ3n) is 7.93. The van der Waals surface area contributed by atoms with Crippen LogP contribution >= 0.6 is 0 Å². The van der Waals surface area contributed by atoms with E-state index in [0.717, 1.165) is 50.4 Å². The van der Waals surface area contributed by atoms with Gasteiger partial charge >= 0.3 is 0 Å². The normalized spacial score (nSPS) is 26.2. The zero-order valence-corrected chi connectivity index (χ0v) is 23.3. The number of methoxy groups -OCH3 is 1. The van der Waals surface area contributed by atoms with Gasteiger partial charge in [0, 0.05) is 37.6 Å². The number of hydrogen-bond acceptors (Lipinski definition) is 9. The molecule has 0 unspecified atom stereocenters. The average Bonchev–Trinajstić information content (AvgIpc) is 3.62. The zero-order valence-electron chi connectivity index (χ0n) is 23.3. The van der Waals surface area contributed by atoms with Gasteiger partial charge in [-0.25, -0.2) is 17.9 Å². The Hall–Kier alpha value is -2.84. The van der Waals surface area contributed by atoms with E-state index in [1.807, 2.05) is 6.07 Å². The van der Waals surface area contributed by atoms with Gasteiger partial charge in [-0.1, -0.05) is 24.2 Å². The van der Waals surface area contributed by atoms with Gasteiger partial charge in [-0.2, -0.15) is 0 Å². The maximum absolute atomic E-state index is 13.8. The standard InChI is InChI=1S/C28H36F3N5O5/c1-15(2)12-35-6-4-16(5-7-35)22-10-18(33-41-22)11-23-28(39-3)26(27(38)24(14-37)40-23)36-13-21(32-34-36)17-8-19(29)25(31)20(30)9-17/h8-10,13,15-16,23-24,26-28,37-38H,4-7,11-12,14H2,1-3H3/t23-,24-,26+,27+,28+/m1/s1. The molecule has 0 amide bonds. The zero-order chi connectivity index (χ0) is 29.3. The first-order valence-electron chi connectivity index (χ1n) is 13.9. The van der Waals surface area contributed by atoms with Crippen LogP contribution in [-0.2, 0) is 15.9 Å².